The first kappa shape index (κ1) is 22.8. The molecule has 0 radical (unpaired) electrons. The number of carboxylic acid groups (broad SMARTS) is 1. The monoisotopic (exact) mass is 459 g/mol. The molecule has 0 aliphatic carbocycles. The molecule has 0 aromatic heterocycles. The molecule has 0 amide bonds. The van der Waals surface area contributed by atoms with Crippen LogP contribution in [-0.4, -0.2) is 27.5 Å². The Hall–Kier alpha value is -3.92. The number of rotatable bonds is 5. The van der Waals surface area contributed by atoms with E-state index in [-0.39, 0.29) is 38.8 Å². The Morgan fingerprint density at radius 3 is 2.41 bits per heavy atom. The zero-order valence-electron chi connectivity index (χ0n) is 16.2. The highest BCUT2D eigenvalue weighted by atomic mass is 32.1. The van der Waals surface area contributed by atoms with Gasteiger partial charge in [-0.1, -0.05) is 30.3 Å². The second kappa shape index (κ2) is 9.06. The number of alkyl halides is 3. The Bertz CT molecular complexity index is 1210. The number of phenols is 1. The molecular weight excluding hydrogens is 443 g/mol. The van der Waals surface area contributed by atoms with Gasteiger partial charge in [0, 0.05) is 11.1 Å². The molecule has 3 rings (SSSR count). The van der Waals surface area contributed by atoms with Crippen LogP contribution in [0.3, 0.4) is 0 Å². The quantitative estimate of drug-likeness (QED) is 0.286. The highest BCUT2D eigenvalue weighted by molar-refractivity contribution is 7.80. The van der Waals surface area contributed by atoms with Crippen molar-refractivity contribution in [1.29, 1.82) is 0 Å². The smallest absolute Gasteiger partial charge is 0.416 e. The highest BCUT2D eigenvalue weighted by Gasteiger charge is 2.30. The van der Waals surface area contributed by atoms with E-state index in [2.05, 4.69) is 5.10 Å². The van der Waals surface area contributed by atoms with Gasteiger partial charge in [-0.2, -0.15) is 18.3 Å². The predicted octanol–water partition coefficient (Wildman–Crippen LogP) is 4.86. The molecule has 0 aliphatic heterocycles. The Morgan fingerprint density at radius 2 is 1.75 bits per heavy atom. The molecule has 0 saturated carbocycles. The highest BCUT2D eigenvalue weighted by Crippen LogP contribution is 2.36. The zero-order valence-corrected chi connectivity index (χ0v) is 17.1. The molecule has 164 valence electrons. The maximum atomic E-state index is 13.0. The Labute approximate surface area is 186 Å². The number of hydrogen-bond acceptors (Lipinski definition) is 4. The number of anilines is 1. The molecule has 0 spiro atoms. The van der Waals surface area contributed by atoms with Crippen molar-refractivity contribution in [3.8, 4) is 16.9 Å². The van der Waals surface area contributed by atoms with Crippen LogP contribution in [0.25, 0.3) is 11.1 Å². The minimum absolute atomic E-state index is 0.00617. The number of halogens is 3. The van der Waals surface area contributed by atoms with E-state index < -0.39 is 17.7 Å². The number of para-hydroxylation sites is 1. The van der Waals surface area contributed by atoms with Crippen molar-refractivity contribution < 1.29 is 28.2 Å². The summed E-state index contributed by atoms with van der Waals surface area (Å²) in [5.74, 6) is -1.44. The van der Waals surface area contributed by atoms with Gasteiger partial charge in [-0.3, -0.25) is 0 Å². The third-order valence-electron chi connectivity index (χ3n) is 4.43. The predicted molar refractivity (Wildman–Crippen MR) is 119 cm³/mol. The standard InChI is InChI=1S/C22H16F3N3O3S/c23-22(24,25)16-7-1-4-13(10-16)18-9-3-6-15(19(18)29)12-27-28(21(26)32)17-8-2-5-14(11-17)20(30)31/h1-12,29H,(H2,26,32)(H,30,31). The maximum Gasteiger partial charge on any atom is 0.416 e. The van der Waals surface area contributed by atoms with Gasteiger partial charge in [0.05, 0.1) is 23.0 Å². The molecular formula is C22H16F3N3O3S. The molecule has 0 fully saturated rings. The molecule has 3 aromatic carbocycles. The van der Waals surface area contributed by atoms with Gasteiger partial charge in [-0.15, -0.1) is 0 Å². The lowest BCUT2D eigenvalue weighted by Gasteiger charge is -2.17. The van der Waals surface area contributed by atoms with Crippen molar-refractivity contribution in [1.82, 2.24) is 0 Å². The van der Waals surface area contributed by atoms with Gasteiger partial charge in [0.15, 0.2) is 5.11 Å². The Morgan fingerprint density at radius 1 is 1.06 bits per heavy atom. The summed E-state index contributed by atoms with van der Waals surface area (Å²) in [6.07, 6.45) is -3.30. The SMILES string of the molecule is NC(=S)N(N=Cc1cccc(-c2cccc(C(F)(F)F)c2)c1O)c1cccc(C(=O)O)c1. The molecule has 0 bridgehead atoms. The van der Waals surface area contributed by atoms with E-state index >= 15 is 0 Å². The lowest BCUT2D eigenvalue weighted by molar-refractivity contribution is -0.137. The number of hydrogen-bond donors (Lipinski definition) is 3. The summed E-state index contributed by atoms with van der Waals surface area (Å²) in [5.41, 5.74) is 5.68. The van der Waals surface area contributed by atoms with E-state index in [1.54, 1.807) is 12.1 Å². The van der Waals surface area contributed by atoms with Crippen LogP contribution in [0.2, 0.25) is 0 Å². The fourth-order valence-electron chi connectivity index (χ4n) is 2.90. The van der Waals surface area contributed by atoms with Crippen molar-refractivity contribution in [2.75, 3.05) is 5.01 Å². The van der Waals surface area contributed by atoms with Crippen LogP contribution in [0.15, 0.2) is 71.8 Å². The number of carbonyl (C=O) groups is 1. The van der Waals surface area contributed by atoms with E-state index in [0.29, 0.717) is 0 Å². The lowest BCUT2D eigenvalue weighted by atomic mass is 10.00. The summed E-state index contributed by atoms with van der Waals surface area (Å²) in [7, 11) is 0. The van der Waals surface area contributed by atoms with Crippen LogP contribution in [0.5, 0.6) is 5.75 Å². The number of carboxylic acids is 1. The first-order valence-corrected chi connectivity index (χ1v) is 9.45. The molecule has 0 aliphatic rings. The Balaban J connectivity index is 1.98. The fourth-order valence-corrected chi connectivity index (χ4v) is 3.06. The second-order valence-corrected chi connectivity index (χ2v) is 6.99. The third kappa shape index (κ3) is 5.03. The van der Waals surface area contributed by atoms with E-state index in [1.165, 1.54) is 48.7 Å². The van der Waals surface area contributed by atoms with Gasteiger partial charge in [-0.25, -0.2) is 9.80 Å². The minimum atomic E-state index is -4.52. The number of hydrazone groups is 1. The van der Waals surface area contributed by atoms with Crippen molar-refractivity contribution in [2.24, 2.45) is 10.8 Å². The number of phenolic OH excluding ortho intramolecular Hbond substituents is 1. The molecule has 6 nitrogen and oxygen atoms in total. The average molecular weight is 459 g/mol. The molecule has 0 heterocycles. The van der Waals surface area contributed by atoms with Gasteiger partial charge >= 0.3 is 12.1 Å². The first-order valence-electron chi connectivity index (χ1n) is 9.04. The van der Waals surface area contributed by atoms with Gasteiger partial charge in [0.2, 0.25) is 0 Å². The summed E-state index contributed by atoms with van der Waals surface area (Å²) in [5, 5.41) is 24.8. The minimum Gasteiger partial charge on any atom is -0.507 e. The second-order valence-electron chi connectivity index (χ2n) is 6.57. The summed E-state index contributed by atoms with van der Waals surface area (Å²) in [6.45, 7) is 0. The van der Waals surface area contributed by atoms with Gasteiger partial charge in [-0.05, 0) is 54.2 Å². The van der Waals surface area contributed by atoms with Gasteiger partial charge in [0.1, 0.15) is 5.75 Å². The summed E-state index contributed by atoms with van der Waals surface area (Å²) in [6, 6.07) is 14.8. The van der Waals surface area contributed by atoms with Crippen LogP contribution >= 0.6 is 12.2 Å². The van der Waals surface area contributed by atoms with Crippen molar-refractivity contribution in [3.05, 3.63) is 83.4 Å². The molecule has 0 saturated heterocycles. The summed E-state index contributed by atoms with van der Waals surface area (Å²) in [4.78, 5) is 11.2. The summed E-state index contributed by atoms with van der Waals surface area (Å²) < 4.78 is 39.1. The molecule has 32 heavy (non-hydrogen) atoms. The number of aromatic hydroxyl groups is 1. The van der Waals surface area contributed by atoms with Crippen LogP contribution in [0.4, 0.5) is 18.9 Å². The molecule has 10 heteroatoms. The molecule has 3 aromatic rings. The normalized spacial score (nSPS) is 11.5. The van der Waals surface area contributed by atoms with Gasteiger partial charge < -0.3 is 15.9 Å². The van der Waals surface area contributed by atoms with E-state index in [4.69, 9.17) is 23.1 Å². The van der Waals surface area contributed by atoms with E-state index in [1.807, 2.05) is 0 Å². The van der Waals surface area contributed by atoms with Crippen LogP contribution in [0.1, 0.15) is 21.5 Å². The number of nitrogens with two attached hydrogens (primary N) is 1. The van der Waals surface area contributed by atoms with E-state index in [0.717, 1.165) is 17.1 Å². The number of thiocarbonyl (C=S) groups is 1. The van der Waals surface area contributed by atoms with Crippen molar-refractivity contribution in [2.45, 2.75) is 6.18 Å². The molecule has 0 atom stereocenters. The number of aromatic carboxylic acids is 1. The van der Waals surface area contributed by atoms with Gasteiger partial charge in [0.25, 0.3) is 0 Å². The zero-order chi connectivity index (χ0) is 23.5. The van der Waals surface area contributed by atoms with Crippen LogP contribution in [-0.2, 0) is 6.18 Å². The molecule has 0 unspecified atom stereocenters. The van der Waals surface area contributed by atoms with Crippen molar-refractivity contribution >= 4 is 35.2 Å². The van der Waals surface area contributed by atoms with Crippen molar-refractivity contribution in [3.63, 3.8) is 0 Å². The average Bonchev–Trinajstić information content (AvgIpc) is 2.74. The van der Waals surface area contributed by atoms with E-state index in [9.17, 15) is 23.1 Å². The number of nitrogens with zero attached hydrogens (tertiary/aromatic N) is 2. The summed E-state index contributed by atoms with van der Waals surface area (Å²) >= 11 is 4.98. The molecule has 4 N–H and O–H groups in total. The largest absolute Gasteiger partial charge is 0.507 e. The first-order chi connectivity index (χ1) is 15.1. The number of benzene rings is 3. The lowest BCUT2D eigenvalue weighted by Crippen LogP contribution is -2.31. The topological polar surface area (TPSA) is 99.1 Å². The van der Waals surface area contributed by atoms with Crippen LogP contribution in [0, 0.1) is 0 Å². The third-order valence-corrected chi connectivity index (χ3v) is 4.60. The maximum absolute atomic E-state index is 13.0. The fraction of sp³-hybridized carbons (Fsp3) is 0.0455. The van der Waals surface area contributed by atoms with Crippen LogP contribution < -0.4 is 10.7 Å². The Kier molecular flexibility index (Phi) is 6.45.